The molecule has 0 fully saturated rings. The second-order valence-electron chi connectivity index (χ2n) is 4.40. The van der Waals surface area contributed by atoms with Gasteiger partial charge in [-0.05, 0) is 12.1 Å². The first-order chi connectivity index (χ1) is 9.38. The van der Waals surface area contributed by atoms with Crippen molar-refractivity contribution in [3.8, 4) is 11.3 Å². The molecule has 0 atom stereocenters. The third-order valence-corrected chi connectivity index (χ3v) is 3.32. The van der Waals surface area contributed by atoms with Crippen molar-refractivity contribution in [2.75, 3.05) is 0 Å². The first kappa shape index (κ1) is 13.2. The molecule has 1 heterocycles. The molecule has 20 heavy (non-hydrogen) atoms. The second kappa shape index (κ2) is 4.98. The van der Waals surface area contributed by atoms with Crippen LogP contribution in [0.4, 0.5) is 0 Å². The molecule has 5 heteroatoms. The van der Waals surface area contributed by atoms with Gasteiger partial charge in [0.1, 0.15) is 5.69 Å². The largest absolute Gasteiger partial charge is 1.00 e. The van der Waals surface area contributed by atoms with E-state index in [1.54, 1.807) is 0 Å². The van der Waals surface area contributed by atoms with E-state index in [1.807, 2.05) is 48.5 Å². The average Bonchev–Trinajstić information content (AvgIpc) is 2.78. The maximum atomic E-state index is 11.1. The number of benzene rings is 2. The van der Waals surface area contributed by atoms with Crippen LogP contribution in [-0.2, 0) is 0 Å². The summed E-state index contributed by atoms with van der Waals surface area (Å²) >= 11 is 0. The number of hydrogen-bond donors (Lipinski definition) is 0. The summed E-state index contributed by atoms with van der Waals surface area (Å²) in [5.41, 5.74) is 5.02. The van der Waals surface area contributed by atoms with Crippen molar-refractivity contribution in [1.82, 2.24) is 9.97 Å². The summed E-state index contributed by atoms with van der Waals surface area (Å²) in [6.07, 6.45) is 0. The van der Waals surface area contributed by atoms with Crippen LogP contribution in [0.25, 0.3) is 22.3 Å². The number of rotatable bonds is 0. The predicted octanol–water partition coefficient (Wildman–Crippen LogP) is -0.0506. The van der Waals surface area contributed by atoms with Crippen LogP contribution in [0.2, 0.25) is 0 Å². The molecule has 0 unspecified atom stereocenters. The fourth-order valence-electron chi connectivity index (χ4n) is 2.47. The van der Waals surface area contributed by atoms with E-state index < -0.39 is 0 Å². The maximum absolute atomic E-state index is 11.1. The Kier molecular flexibility index (Phi) is 3.30. The zero-order valence-electron chi connectivity index (χ0n) is 10.9. The summed E-state index contributed by atoms with van der Waals surface area (Å²) in [5, 5.41) is 14.3. The Morgan fingerprint density at radius 2 is 1.30 bits per heavy atom. The molecule has 0 radical (unpaired) electrons. The summed E-state index contributed by atoms with van der Waals surface area (Å²) in [6, 6.07) is 15.2. The quantitative estimate of drug-likeness (QED) is 0.332. The number of fused-ring (bicyclic) bond motifs is 4. The third kappa shape index (κ3) is 1.77. The van der Waals surface area contributed by atoms with Crippen LogP contribution in [-0.4, -0.2) is 15.7 Å². The van der Waals surface area contributed by atoms with Gasteiger partial charge in [-0.1, -0.05) is 36.4 Å². The van der Waals surface area contributed by atoms with Gasteiger partial charge in [0.25, 0.3) is 0 Å². The molecule has 1 aliphatic rings. The molecular formula is C15H8N3NaO. The Labute approximate surface area is 137 Å². The van der Waals surface area contributed by atoms with E-state index >= 15 is 0 Å². The Morgan fingerprint density at radius 1 is 0.750 bits per heavy atom. The van der Waals surface area contributed by atoms with Crippen molar-refractivity contribution in [2.24, 2.45) is 5.16 Å². The molecule has 0 saturated heterocycles. The van der Waals surface area contributed by atoms with Gasteiger partial charge in [-0.3, -0.25) is 0 Å². The number of para-hydroxylation sites is 2. The van der Waals surface area contributed by atoms with E-state index in [0.717, 1.165) is 27.9 Å². The van der Waals surface area contributed by atoms with Crippen molar-refractivity contribution in [2.45, 2.75) is 0 Å². The van der Waals surface area contributed by atoms with Crippen LogP contribution in [0.3, 0.4) is 0 Å². The van der Waals surface area contributed by atoms with E-state index in [1.165, 1.54) is 0 Å². The summed E-state index contributed by atoms with van der Waals surface area (Å²) in [7, 11) is 0. The van der Waals surface area contributed by atoms with E-state index in [9.17, 15) is 5.21 Å². The minimum absolute atomic E-state index is 0. The normalized spacial score (nSPS) is 13.9. The average molecular weight is 269 g/mol. The summed E-state index contributed by atoms with van der Waals surface area (Å²) in [5.74, 6) is 0. The smallest absolute Gasteiger partial charge is 0.791 e. The summed E-state index contributed by atoms with van der Waals surface area (Å²) in [4.78, 5) is 9.14. The SMILES string of the molecule is [Na+].[O-]/N=C1\c2ccccc2-c2nc3ccccc3nc21. The van der Waals surface area contributed by atoms with Crippen LogP contribution in [0.5, 0.6) is 0 Å². The number of nitrogens with zero attached hydrogens (tertiary/aromatic N) is 3. The maximum Gasteiger partial charge on any atom is 1.00 e. The molecule has 1 aliphatic carbocycles. The van der Waals surface area contributed by atoms with Gasteiger partial charge in [0.15, 0.2) is 0 Å². The van der Waals surface area contributed by atoms with Crippen LogP contribution in [0.1, 0.15) is 11.3 Å². The standard InChI is InChI=1S/C15H9N3O.Na/c19-18-14-10-6-2-1-5-9(10)13-15(14)17-12-8-4-3-7-11(12)16-13;/h1-8,19H;/q;+1/p-1/b18-14+;. The number of aromatic nitrogens is 2. The Hall–Kier alpha value is -1.75. The first-order valence-corrected chi connectivity index (χ1v) is 5.96. The minimum Gasteiger partial charge on any atom is -0.791 e. The van der Waals surface area contributed by atoms with Crippen LogP contribution in [0.15, 0.2) is 53.7 Å². The monoisotopic (exact) mass is 269 g/mol. The van der Waals surface area contributed by atoms with Gasteiger partial charge >= 0.3 is 29.6 Å². The third-order valence-electron chi connectivity index (χ3n) is 3.32. The molecule has 0 saturated carbocycles. The van der Waals surface area contributed by atoms with Crippen LogP contribution >= 0.6 is 0 Å². The minimum atomic E-state index is 0. The fourth-order valence-corrected chi connectivity index (χ4v) is 2.47. The Balaban J connectivity index is 0.00000121. The molecular weight excluding hydrogens is 261 g/mol. The molecule has 4 nitrogen and oxygen atoms in total. The van der Waals surface area contributed by atoms with E-state index in [-0.39, 0.29) is 29.6 Å². The zero-order chi connectivity index (χ0) is 12.8. The topological polar surface area (TPSA) is 61.2 Å². The van der Waals surface area contributed by atoms with Gasteiger partial charge in [0.2, 0.25) is 0 Å². The zero-order valence-corrected chi connectivity index (χ0v) is 12.9. The molecule has 1 aromatic heterocycles. The molecule has 0 amide bonds. The van der Waals surface area contributed by atoms with Crippen molar-refractivity contribution in [3.63, 3.8) is 0 Å². The first-order valence-electron chi connectivity index (χ1n) is 5.96. The molecule has 3 aromatic rings. The van der Waals surface area contributed by atoms with Gasteiger partial charge in [0, 0.05) is 11.1 Å². The van der Waals surface area contributed by atoms with Crippen molar-refractivity contribution in [1.29, 1.82) is 0 Å². The van der Waals surface area contributed by atoms with Gasteiger partial charge in [0.05, 0.1) is 22.4 Å². The molecule has 0 spiro atoms. The van der Waals surface area contributed by atoms with Crippen molar-refractivity contribution < 1.29 is 29.6 Å². The Morgan fingerprint density at radius 3 is 1.95 bits per heavy atom. The van der Waals surface area contributed by atoms with E-state index in [0.29, 0.717) is 11.4 Å². The van der Waals surface area contributed by atoms with Gasteiger partial charge < -0.3 is 10.4 Å². The molecule has 0 bridgehead atoms. The number of hydrogen-bond acceptors (Lipinski definition) is 4. The predicted molar refractivity (Wildman–Crippen MR) is 74.0 cm³/mol. The molecule has 0 aliphatic heterocycles. The Bertz CT molecular complexity index is 845. The summed E-state index contributed by atoms with van der Waals surface area (Å²) in [6.45, 7) is 0. The van der Waals surface area contributed by atoms with E-state index in [2.05, 4.69) is 15.1 Å². The van der Waals surface area contributed by atoms with Crippen LogP contribution < -0.4 is 29.6 Å². The van der Waals surface area contributed by atoms with Gasteiger partial charge in [-0.2, -0.15) is 0 Å². The van der Waals surface area contributed by atoms with Crippen LogP contribution in [0, 0.1) is 5.21 Å². The van der Waals surface area contributed by atoms with Crippen molar-refractivity contribution >= 4 is 16.7 Å². The second-order valence-corrected chi connectivity index (χ2v) is 4.40. The molecule has 90 valence electrons. The molecule has 2 aromatic carbocycles. The van der Waals surface area contributed by atoms with Gasteiger partial charge in [-0.15, -0.1) is 0 Å². The van der Waals surface area contributed by atoms with E-state index in [4.69, 9.17) is 0 Å². The fraction of sp³-hybridized carbons (Fsp3) is 0. The van der Waals surface area contributed by atoms with Gasteiger partial charge in [-0.25, -0.2) is 9.97 Å². The molecule has 4 rings (SSSR count). The molecule has 0 N–H and O–H groups in total. The van der Waals surface area contributed by atoms with Crippen molar-refractivity contribution in [3.05, 3.63) is 65.0 Å². The summed E-state index contributed by atoms with van der Waals surface area (Å²) < 4.78 is 0.